The van der Waals surface area contributed by atoms with Gasteiger partial charge in [-0.05, 0) is 39.3 Å². The predicted octanol–water partition coefficient (Wildman–Crippen LogP) is 1.60. The highest BCUT2D eigenvalue weighted by atomic mass is 16.6. The Morgan fingerprint density at radius 2 is 1.96 bits per heavy atom. The fourth-order valence-electron chi connectivity index (χ4n) is 2.19. The molecule has 0 spiro atoms. The van der Waals surface area contributed by atoms with E-state index in [1.165, 1.54) is 4.57 Å². The van der Waals surface area contributed by atoms with E-state index in [1.54, 1.807) is 45.0 Å². The zero-order valence-electron chi connectivity index (χ0n) is 13.5. The van der Waals surface area contributed by atoms with Crippen LogP contribution in [0.4, 0.5) is 4.79 Å². The van der Waals surface area contributed by atoms with Crippen molar-refractivity contribution in [2.45, 2.75) is 39.3 Å². The van der Waals surface area contributed by atoms with E-state index in [-0.39, 0.29) is 0 Å². The molecular weight excluding hydrogens is 298 g/mol. The second-order valence-corrected chi connectivity index (χ2v) is 6.21. The van der Waals surface area contributed by atoms with E-state index in [0.29, 0.717) is 30.5 Å². The maximum Gasteiger partial charge on any atom is 0.407 e. The summed E-state index contributed by atoms with van der Waals surface area (Å²) in [5.74, 6) is 0. The van der Waals surface area contributed by atoms with Crippen LogP contribution < -0.4 is 16.4 Å². The number of aromatic nitrogens is 2. The largest absolute Gasteiger partial charge is 0.444 e. The van der Waals surface area contributed by atoms with E-state index in [0.717, 1.165) is 0 Å². The molecule has 0 aliphatic heterocycles. The van der Waals surface area contributed by atoms with E-state index in [1.807, 2.05) is 0 Å². The highest BCUT2D eigenvalue weighted by Gasteiger charge is 2.15. The van der Waals surface area contributed by atoms with E-state index >= 15 is 0 Å². The van der Waals surface area contributed by atoms with Gasteiger partial charge in [-0.1, -0.05) is 12.1 Å². The SMILES string of the molecule is CC(C)(C)OC(=O)NCCCn1c(=O)c(=O)[nH]c2ccccc21. The minimum Gasteiger partial charge on any atom is -0.444 e. The van der Waals surface area contributed by atoms with Crippen LogP contribution in [0.5, 0.6) is 0 Å². The van der Waals surface area contributed by atoms with Crippen molar-refractivity contribution in [3.63, 3.8) is 0 Å². The third kappa shape index (κ3) is 4.45. The van der Waals surface area contributed by atoms with Crippen molar-refractivity contribution in [3.05, 3.63) is 45.0 Å². The third-order valence-electron chi connectivity index (χ3n) is 3.11. The molecular formula is C16H21N3O4. The number of carbonyl (C=O) groups excluding carboxylic acids is 1. The van der Waals surface area contributed by atoms with Crippen LogP contribution in [0, 0.1) is 0 Å². The van der Waals surface area contributed by atoms with Crippen molar-refractivity contribution < 1.29 is 9.53 Å². The van der Waals surface area contributed by atoms with Gasteiger partial charge in [-0.3, -0.25) is 9.59 Å². The van der Waals surface area contributed by atoms with Crippen LogP contribution in [0.1, 0.15) is 27.2 Å². The second-order valence-electron chi connectivity index (χ2n) is 6.21. The lowest BCUT2D eigenvalue weighted by molar-refractivity contribution is 0.0526. The van der Waals surface area contributed by atoms with Crippen LogP contribution in [0.25, 0.3) is 11.0 Å². The Kier molecular flexibility index (Phi) is 4.88. The second kappa shape index (κ2) is 6.68. The summed E-state index contributed by atoms with van der Waals surface area (Å²) in [6.45, 7) is 6.04. The number of ether oxygens (including phenoxy) is 1. The van der Waals surface area contributed by atoms with Crippen LogP contribution in [-0.2, 0) is 11.3 Å². The van der Waals surface area contributed by atoms with Crippen molar-refractivity contribution in [1.29, 1.82) is 0 Å². The van der Waals surface area contributed by atoms with Crippen molar-refractivity contribution in [3.8, 4) is 0 Å². The molecule has 0 bridgehead atoms. The number of aromatic amines is 1. The fraction of sp³-hybridized carbons (Fsp3) is 0.438. The number of carbonyl (C=O) groups is 1. The topological polar surface area (TPSA) is 93.2 Å². The number of fused-ring (bicyclic) bond motifs is 1. The first-order valence-corrected chi connectivity index (χ1v) is 7.46. The molecule has 0 fully saturated rings. The Bertz CT molecular complexity index is 814. The lowest BCUT2D eigenvalue weighted by Gasteiger charge is -2.19. The van der Waals surface area contributed by atoms with E-state index in [9.17, 15) is 14.4 Å². The molecule has 7 nitrogen and oxygen atoms in total. The number of benzene rings is 1. The number of rotatable bonds is 4. The van der Waals surface area contributed by atoms with Gasteiger partial charge in [-0.25, -0.2) is 4.79 Å². The van der Waals surface area contributed by atoms with E-state index < -0.39 is 22.8 Å². The molecule has 1 aromatic carbocycles. The predicted molar refractivity (Wildman–Crippen MR) is 87.7 cm³/mol. The maximum atomic E-state index is 12.0. The fourth-order valence-corrected chi connectivity index (χ4v) is 2.19. The molecule has 0 saturated heterocycles. The Labute approximate surface area is 133 Å². The summed E-state index contributed by atoms with van der Waals surface area (Å²) in [7, 11) is 0. The monoisotopic (exact) mass is 319 g/mol. The molecule has 1 heterocycles. The zero-order valence-corrected chi connectivity index (χ0v) is 13.5. The Balaban J connectivity index is 2.03. The first kappa shape index (κ1) is 16.8. The molecule has 0 aliphatic rings. The van der Waals surface area contributed by atoms with Gasteiger partial charge in [0.25, 0.3) is 0 Å². The van der Waals surface area contributed by atoms with Crippen LogP contribution in [0.15, 0.2) is 33.9 Å². The van der Waals surface area contributed by atoms with Crippen LogP contribution >= 0.6 is 0 Å². The Morgan fingerprint density at radius 1 is 1.26 bits per heavy atom. The molecule has 0 atom stereocenters. The van der Waals surface area contributed by atoms with Gasteiger partial charge in [0.05, 0.1) is 11.0 Å². The van der Waals surface area contributed by atoms with Gasteiger partial charge < -0.3 is 19.6 Å². The minimum atomic E-state index is -0.649. The van der Waals surface area contributed by atoms with Crippen molar-refractivity contribution in [2.75, 3.05) is 6.54 Å². The summed E-state index contributed by atoms with van der Waals surface area (Å²) >= 11 is 0. The minimum absolute atomic E-state index is 0.332. The van der Waals surface area contributed by atoms with Crippen LogP contribution in [0.3, 0.4) is 0 Å². The number of nitrogens with one attached hydrogen (secondary N) is 2. The van der Waals surface area contributed by atoms with Gasteiger partial charge in [-0.15, -0.1) is 0 Å². The van der Waals surface area contributed by atoms with Gasteiger partial charge >= 0.3 is 17.2 Å². The Morgan fingerprint density at radius 3 is 2.65 bits per heavy atom. The van der Waals surface area contributed by atoms with E-state index in [2.05, 4.69) is 10.3 Å². The molecule has 2 aromatic rings. The molecule has 0 radical (unpaired) electrons. The molecule has 1 aromatic heterocycles. The summed E-state index contributed by atoms with van der Waals surface area (Å²) in [5.41, 5.74) is -0.527. The highest BCUT2D eigenvalue weighted by Crippen LogP contribution is 2.08. The number of aryl methyl sites for hydroxylation is 1. The summed E-state index contributed by atoms with van der Waals surface area (Å²) < 4.78 is 6.55. The number of hydrogen-bond donors (Lipinski definition) is 2. The summed E-state index contributed by atoms with van der Waals surface area (Å²) in [6.07, 6.45) is 0.00711. The first-order valence-electron chi connectivity index (χ1n) is 7.46. The molecule has 0 aliphatic carbocycles. The highest BCUT2D eigenvalue weighted by molar-refractivity contribution is 5.74. The lowest BCUT2D eigenvalue weighted by Crippen LogP contribution is -2.37. The van der Waals surface area contributed by atoms with E-state index in [4.69, 9.17) is 4.74 Å². The molecule has 2 N–H and O–H groups in total. The molecule has 23 heavy (non-hydrogen) atoms. The number of hydrogen-bond acceptors (Lipinski definition) is 4. The number of para-hydroxylation sites is 2. The average molecular weight is 319 g/mol. The molecule has 7 heteroatoms. The average Bonchev–Trinajstić information content (AvgIpc) is 2.45. The number of H-pyrrole nitrogens is 1. The normalized spacial score (nSPS) is 11.4. The quantitative estimate of drug-likeness (QED) is 0.661. The third-order valence-corrected chi connectivity index (χ3v) is 3.11. The number of nitrogens with zero attached hydrogens (tertiary/aromatic N) is 1. The van der Waals surface area contributed by atoms with Crippen molar-refractivity contribution >= 4 is 17.1 Å². The zero-order chi connectivity index (χ0) is 17.0. The van der Waals surface area contributed by atoms with Crippen LogP contribution in [0.2, 0.25) is 0 Å². The van der Waals surface area contributed by atoms with Gasteiger partial charge in [0.15, 0.2) is 0 Å². The first-order chi connectivity index (χ1) is 10.8. The standard InChI is InChI=1S/C16H21N3O4/c1-16(2,3)23-15(22)17-9-6-10-19-12-8-5-4-7-11(12)18-13(20)14(19)21/h4-5,7-8H,6,9-10H2,1-3H3,(H,17,22)(H,18,20). The lowest BCUT2D eigenvalue weighted by atomic mass is 10.2. The van der Waals surface area contributed by atoms with Gasteiger partial charge in [-0.2, -0.15) is 0 Å². The van der Waals surface area contributed by atoms with Crippen molar-refractivity contribution in [1.82, 2.24) is 14.9 Å². The van der Waals surface area contributed by atoms with Gasteiger partial charge in [0.2, 0.25) is 0 Å². The molecule has 0 saturated carbocycles. The smallest absolute Gasteiger partial charge is 0.407 e. The van der Waals surface area contributed by atoms with Crippen LogP contribution in [-0.4, -0.2) is 27.8 Å². The number of amides is 1. The number of alkyl carbamates (subject to hydrolysis) is 1. The Hall–Kier alpha value is -2.57. The summed E-state index contributed by atoms with van der Waals surface area (Å²) in [5, 5.41) is 2.63. The summed E-state index contributed by atoms with van der Waals surface area (Å²) in [6, 6.07) is 7.10. The molecule has 124 valence electrons. The maximum absolute atomic E-state index is 12.0. The van der Waals surface area contributed by atoms with Crippen molar-refractivity contribution in [2.24, 2.45) is 0 Å². The van der Waals surface area contributed by atoms with Gasteiger partial charge in [0, 0.05) is 13.1 Å². The molecule has 1 amide bonds. The van der Waals surface area contributed by atoms with Gasteiger partial charge in [0.1, 0.15) is 5.60 Å². The molecule has 0 unspecified atom stereocenters. The molecule has 2 rings (SSSR count). The summed E-state index contributed by atoms with van der Waals surface area (Å²) in [4.78, 5) is 37.8.